The molecule has 0 aromatic heterocycles. The predicted molar refractivity (Wildman–Crippen MR) is 63.2 cm³/mol. The van der Waals surface area contributed by atoms with Crippen LogP contribution in [0.3, 0.4) is 0 Å². The average Bonchev–Trinajstić information content (AvgIpc) is 2.29. The van der Waals surface area contributed by atoms with Crippen LogP contribution < -0.4 is 5.32 Å². The second-order valence-electron chi connectivity index (χ2n) is 3.76. The van der Waals surface area contributed by atoms with Crippen LogP contribution in [0.4, 0.5) is 0 Å². The van der Waals surface area contributed by atoms with Crippen molar-refractivity contribution in [1.82, 2.24) is 5.32 Å². The van der Waals surface area contributed by atoms with Gasteiger partial charge in [0.1, 0.15) is 5.54 Å². The lowest BCUT2D eigenvalue weighted by molar-refractivity contribution is 0.0923. The van der Waals surface area contributed by atoms with Crippen molar-refractivity contribution >= 4 is 17.5 Å². The van der Waals surface area contributed by atoms with E-state index in [1.54, 1.807) is 31.2 Å². The van der Waals surface area contributed by atoms with Gasteiger partial charge in [0.05, 0.1) is 6.07 Å². The number of hydrogen-bond acceptors (Lipinski definition) is 2. The van der Waals surface area contributed by atoms with E-state index in [-0.39, 0.29) is 5.91 Å². The molecule has 0 spiro atoms. The molecule has 0 aliphatic rings. The monoisotopic (exact) mass is 236 g/mol. The van der Waals surface area contributed by atoms with Crippen LogP contribution in [0, 0.1) is 11.3 Å². The Labute approximate surface area is 100 Å². The van der Waals surface area contributed by atoms with E-state index in [9.17, 15) is 4.79 Å². The fourth-order valence-electron chi connectivity index (χ4n) is 1.15. The highest BCUT2D eigenvalue weighted by molar-refractivity contribution is 6.30. The largest absolute Gasteiger partial charge is 0.334 e. The van der Waals surface area contributed by atoms with E-state index in [1.807, 2.05) is 6.92 Å². The molecule has 1 N–H and O–H groups in total. The van der Waals surface area contributed by atoms with Crippen LogP contribution in [-0.2, 0) is 0 Å². The lowest BCUT2D eigenvalue weighted by Gasteiger charge is -2.21. The summed E-state index contributed by atoms with van der Waals surface area (Å²) in [4.78, 5) is 11.8. The van der Waals surface area contributed by atoms with Crippen LogP contribution in [0.25, 0.3) is 0 Å². The number of benzene rings is 1. The maximum Gasteiger partial charge on any atom is 0.252 e. The Morgan fingerprint density at radius 2 is 2.31 bits per heavy atom. The summed E-state index contributed by atoms with van der Waals surface area (Å²) in [6.07, 6.45) is 0.551. The van der Waals surface area contributed by atoms with Crippen molar-refractivity contribution in [3.63, 3.8) is 0 Å². The molecule has 0 heterocycles. The molecule has 1 atom stereocenters. The summed E-state index contributed by atoms with van der Waals surface area (Å²) in [5.41, 5.74) is -0.373. The minimum absolute atomic E-state index is 0.284. The van der Waals surface area contributed by atoms with Crippen molar-refractivity contribution in [2.45, 2.75) is 25.8 Å². The quantitative estimate of drug-likeness (QED) is 0.877. The molecule has 1 aromatic carbocycles. The molecule has 4 heteroatoms. The van der Waals surface area contributed by atoms with Crippen LogP contribution in [0.1, 0.15) is 30.6 Å². The third kappa shape index (κ3) is 2.98. The molecule has 0 radical (unpaired) electrons. The fraction of sp³-hybridized carbons (Fsp3) is 0.333. The first-order valence-corrected chi connectivity index (χ1v) is 5.38. The van der Waals surface area contributed by atoms with Gasteiger partial charge in [-0.1, -0.05) is 24.6 Å². The maximum atomic E-state index is 11.8. The molecule has 0 saturated carbocycles. The van der Waals surface area contributed by atoms with Gasteiger partial charge in [0.25, 0.3) is 5.91 Å². The average molecular weight is 237 g/mol. The van der Waals surface area contributed by atoms with Crippen LogP contribution in [0.5, 0.6) is 0 Å². The van der Waals surface area contributed by atoms with Crippen LogP contribution in [-0.4, -0.2) is 11.4 Å². The number of nitrogens with zero attached hydrogens (tertiary/aromatic N) is 1. The molecular weight excluding hydrogens is 224 g/mol. The van der Waals surface area contributed by atoms with Crippen molar-refractivity contribution in [2.75, 3.05) is 0 Å². The second-order valence-corrected chi connectivity index (χ2v) is 4.20. The zero-order chi connectivity index (χ0) is 12.2. The number of nitriles is 1. The minimum Gasteiger partial charge on any atom is -0.334 e. The summed E-state index contributed by atoms with van der Waals surface area (Å²) in [6, 6.07) is 8.71. The van der Waals surface area contributed by atoms with Gasteiger partial charge in [-0.25, -0.2) is 0 Å². The molecule has 0 unspecified atom stereocenters. The number of amides is 1. The molecule has 1 aromatic rings. The van der Waals surface area contributed by atoms with Gasteiger partial charge in [-0.2, -0.15) is 5.26 Å². The van der Waals surface area contributed by atoms with Crippen molar-refractivity contribution in [3.05, 3.63) is 34.9 Å². The van der Waals surface area contributed by atoms with Crippen LogP contribution >= 0.6 is 11.6 Å². The zero-order valence-electron chi connectivity index (χ0n) is 9.25. The van der Waals surface area contributed by atoms with E-state index in [0.717, 1.165) is 0 Å². The topological polar surface area (TPSA) is 52.9 Å². The van der Waals surface area contributed by atoms with E-state index in [4.69, 9.17) is 16.9 Å². The standard InChI is InChI=1S/C12H13ClN2O/c1-3-12(2,8-14)15-11(16)9-5-4-6-10(13)7-9/h4-7H,3H2,1-2H3,(H,15,16)/t12-/m1/s1. The van der Waals surface area contributed by atoms with Gasteiger partial charge in [-0.3, -0.25) is 4.79 Å². The van der Waals surface area contributed by atoms with E-state index >= 15 is 0 Å². The van der Waals surface area contributed by atoms with Gasteiger partial charge in [0.2, 0.25) is 0 Å². The van der Waals surface area contributed by atoms with E-state index < -0.39 is 5.54 Å². The van der Waals surface area contributed by atoms with Gasteiger partial charge < -0.3 is 5.32 Å². The number of rotatable bonds is 3. The predicted octanol–water partition coefficient (Wildman–Crippen LogP) is 2.76. The van der Waals surface area contributed by atoms with Crippen molar-refractivity contribution in [1.29, 1.82) is 5.26 Å². The SMILES string of the molecule is CC[C@](C)(C#N)NC(=O)c1cccc(Cl)c1. The molecule has 0 aliphatic heterocycles. The molecule has 0 fully saturated rings. The lowest BCUT2D eigenvalue weighted by Crippen LogP contribution is -2.44. The van der Waals surface area contributed by atoms with Crippen molar-refractivity contribution < 1.29 is 4.79 Å². The van der Waals surface area contributed by atoms with E-state index in [0.29, 0.717) is 17.0 Å². The summed E-state index contributed by atoms with van der Waals surface area (Å²) >= 11 is 5.78. The van der Waals surface area contributed by atoms with Crippen molar-refractivity contribution in [3.8, 4) is 6.07 Å². The number of halogens is 1. The third-order valence-corrected chi connectivity index (χ3v) is 2.67. The van der Waals surface area contributed by atoms with Gasteiger partial charge in [0.15, 0.2) is 0 Å². The second kappa shape index (κ2) is 5.00. The summed E-state index contributed by atoms with van der Waals surface area (Å²) in [7, 11) is 0. The summed E-state index contributed by atoms with van der Waals surface area (Å²) in [6.45, 7) is 3.54. The first-order chi connectivity index (χ1) is 7.50. The Morgan fingerprint density at radius 3 is 2.81 bits per heavy atom. The smallest absolute Gasteiger partial charge is 0.252 e. The van der Waals surface area contributed by atoms with Gasteiger partial charge in [-0.15, -0.1) is 0 Å². The Kier molecular flexibility index (Phi) is 3.92. The molecule has 84 valence electrons. The molecule has 0 aliphatic carbocycles. The van der Waals surface area contributed by atoms with Gasteiger partial charge in [-0.05, 0) is 31.5 Å². The number of hydrogen-bond donors (Lipinski definition) is 1. The molecule has 0 saturated heterocycles. The molecule has 3 nitrogen and oxygen atoms in total. The van der Waals surface area contributed by atoms with E-state index in [1.165, 1.54) is 0 Å². The number of nitrogens with one attached hydrogen (secondary N) is 1. The fourth-order valence-corrected chi connectivity index (χ4v) is 1.34. The van der Waals surface area contributed by atoms with Crippen LogP contribution in [0.15, 0.2) is 24.3 Å². The van der Waals surface area contributed by atoms with E-state index in [2.05, 4.69) is 11.4 Å². The summed E-state index contributed by atoms with van der Waals surface area (Å²) in [5.74, 6) is -0.284. The third-order valence-electron chi connectivity index (χ3n) is 2.43. The highest BCUT2D eigenvalue weighted by atomic mass is 35.5. The van der Waals surface area contributed by atoms with Gasteiger partial charge >= 0.3 is 0 Å². The summed E-state index contributed by atoms with van der Waals surface area (Å²) < 4.78 is 0. The Morgan fingerprint density at radius 1 is 1.62 bits per heavy atom. The Hall–Kier alpha value is -1.53. The van der Waals surface area contributed by atoms with Crippen molar-refractivity contribution in [2.24, 2.45) is 0 Å². The molecule has 0 bridgehead atoms. The minimum atomic E-state index is -0.834. The Balaban J connectivity index is 2.85. The zero-order valence-corrected chi connectivity index (χ0v) is 10.0. The molecule has 16 heavy (non-hydrogen) atoms. The first kappa shape index (κ1) is 12.5. The lowest BCUT2D eigenvalue weighted by atomic mass is 10.0. The maximum absolute atomic E-state index is 11.8. The van der Waals surface area contributed by atoms with Gasteiger partial charge in [0, 0.05) is 10.6 Å². The number of carbonyl (C=O) groups is 1. The molecule has 1 rings (SSSR count). The summed E-state index contributed by atoms with van der Waals surface area (Å²) in [5, 5.41) is 12.1. The normalized spacial score (nSPS) is 13.6. The molecular formula is C12H13ClN2O. The molecule has 1 amide bonds. The highest BCUT2D eigenvalue weighted by Crippen LogP contribution is 2.13. The Bertz CT molecular complexity index is 439. The number of carbonyl (C=O) groups excluding carboxylic acids is 1. The van der Waals surface area contributed by atoms with Crippen LogP contribution in [0.2, 0.25) is 5.02 Å². The first-order valence-electron chi connectivity index (χ1n) is 5.00. The highest BCUT2D eigenvalue weighted by Gasteiger charge is 2.24.